The molecule has 6 heteroatoms. The fourth-order valence-electron chi connectivity index (χ4n) is 4.33. The van der Waals surface area contributed by atoms with Crippen LogP contribution in [-0.4, -0.2) is 38.2 Å². The molecule has 1 aromatic rings. The van der Waals surface area contributed by atoms with Gasteiger partial charge in [-0.3, -0.25) is 0 Å². The highest BCUT2D eigenvalue weighted by Gasteiger charge is 2.24. The molecule has 6 nitrogen and oxygen atoms in total. The number of ether oxygens (including phenoxy) is 2. The maximum atomic E-state index is 12.5. The van der Waals surface area contributed by atoms with Crippen molar-refractivity contribution < 1.29 is 21.9 Å². The van der Waals surface area contributed by atoms with Crippen molar-refractivity contribution in [2.75, 3.05) is 24.9 Å². The first-order chi connectivity index (χ1) is 13.6. The van der Waals surface area contributed by atoms with Crippen LogP contribution in [0.3, 0.4) is 0 Å². The Morgan fingerprint density at radius 1 is 0.750 bits per heavy atom. The molecule has 0 saturated heterocycles. The van der Waals surface area contributed by atoms with Gasteiger partial charge < -0.3 is 20.1 Å². The number of rotatable bonds is 6. The fraction of sp³-hybridized carbons (Fsp3) is 0.636. The molecule has 0 bridgehead atoms. The van der Waals surface area contributed by atoms with Gasteiger partial charge in [0.15, 0.2) is 0 Å². The quantitative estimate of drug-likeness (QED) is 0.645. The summed E-state index contributed by atoms with van der Waals surface area (Å²) in [6.07, 6.45) is 11.5. The molecule has 0 spiro atoms. The zero-order chi connectivity index (χ0) is 19.9. The van der Waals surface area contributed by atoms with E-state index in [1.807, 2.05) is 0 Å². The average Bonchev–Trinajstić information content (AvgIpc) is 2.74. The molecule has 2 aliphatic rings. The normalized spacial score (nSPS) is 18.4. The lowest BCUT2D eigenvalue weighted by atomic mass is 9.93. The van der Waals surface area contributed by atoms with Crippen LogP contribution in [0, 0.1) is 0 Å². The first-order valence-corrected chi connectivity index (χ1v) is 10.5. The zero-order valence-electron chi connectivity index (χ0n) is 17.0. The summed E-state index contributed by atoms with van der Waals surface area (Å²) >= 11 is 0. The Morgan fingerprint density at radius 3 is 1.43 bits per heavy atom. The number of methoxy groups -OCH3 is 2. The van der Waals surface area contributed by atoms with Crippen molar-refractivity contribution in [2.45, 2.75) is 76.3 Å². The molecule has 1 aromatic carbocycles. The molecule has 0 aromatic heterocycles. The van der Waals surface area contributed by atoms with Crippen LogP contribution in [0.5, 0.6) is 0 Å². The SMILES string of the molecule is COC(=O)c1cc(NC2CCCCC2)c(C(=O)OC)cc1NC1CCCCC1.[HH].[HH]. The Kier molecular flexibility index (Phi) is 7.18. The summed E-state index contributed by atoms with van der Waals surface area (Å²) in [6, 6.07) is 4.11. The van der Waals surface area contributed by atoms with Gasteiger partial charge in [0.25, 0.3) is 0 Å². The maximum absolute atomic E-state index is 12.5. The van der Waals surface area contributed by atoms with Gasteiger partial charge in [0.05, 0.1) is 25.3 Å². The van der Waals surface area contributed by atoms with Crippen molar-refractivity contribution in [3.63, 3.8) is 0 Å². The van der Waals surface area contributed by atoms with Gasteiger partial charge >= 0.3 is 11.9 Å². The van der Waals surface area contributed by atoms with E-state index in [-0.39, 0.29) is 2.85 Å². The Bertz CT molecular complexity index is 643. The van der Waals surface area contributed by atoms with Crippen LogP contribution in [0.4, 0.5) is 11.4 Å². The second-order valence-corrected chi connectivity index (χ2v) is 7.89. The number of anilines is 2. The topological polar surface area (TPSA) is 76.7 Å². The monoisotopic (exact) mass is 392 g/mol. The third kappa shape index (κ3) is 4.97. The second-order valence-electron chi connectivity index (χ2n) is 7.89. The lowest BCUT2D eigenvalue weighted by molar-refractivity contribution is 0.0588. The van der Waals surface area contributed by atoms with Crippen molar-refractivity contribution in [1.82, 2.24) is 0 Å². The van der Waals surface area contributed by atoms with Crippen LogP contribution in [-0.2, 0) is 9.47 Å². The molecule has 0 atom stereocenters. The Balaban J connectivity index is 0.00000225. The molecule has 0 amide bonds. The average molecular weight is 393 g/mol. The van der Waals surface area contributed by atoms with E-state index >= 15 is 0 Å². The van der Waals surface area contributed by atoms with Crippen molar-refractivity contribution in [2.24, 2.45) is 0 Å². The molecule has 0 heterocycles. The molecule has 3 rings (SSSR count). The molecule has 158 valence electrons. The summed E-state index contributed by atoms with van der Waals surface area (Å²) < 4.78 is 10.0. The van der Waals surface area contributed by atoms with Crippen LogP contribution in [0.2, 0.25) is 0 Å². The standard InChI is InChI=1S/C22H32N2O4.2H2/c1-27-21(25)17-13-20(24-16-11-7-4-8-12-16)18(22(26)28-2)14-19(17)23-15-9-5-3-6-10-15;;/h13-16,23-24H,3-12H2,1-2H3;2*1H. The molecule has 0 radical (unpaired) electrons. The van der Waals surface area contributed by atoms with E-state index in [1.165, 1.54) is 52.7 Å². The van der Waals surface area contributed by atoms with E-state index in [4.69, 9.17) is 9.47 Å². The van der Waals surface area contributed by atoms with Crippen molar-refractivity contribution in [3.05, 3.63) is 23.3 Å². The van der Waals surface area contributed by atoms with Gasteiger partial charge in [0, 0.05) is 26.3 Å². The summed E-state index contributed by atoms with van der Waals surface area (Å²) in [5.41, 5.74) is 2.21. The number of carbonyl (C=O) groups is 2. The molecule has 2 fully saturated rings. The van der Waals surface area contributed by atoms with E-state index in [0.29, 0.717) is 34.6 Å². The molecule has 0 aliphatic heterocycles. The van der Waals surface area contributed by atoms with Gasteiger partial charge in [-0.25, -0.2) is 9.59 Å². The fourth-order valence-corrected chi connectivity index (χ4v) is 4.33. The Hall–Kier alpha value is -2.24. The molecular weight excluding hydrogens is 356 g/mol. The van der Waals surface area contributed by atoms with Crippen LogP contribution in [0.1, 0.15) is 87.8 Å². The van der Waals surface area contributed by atoms with E-state index in [0.717, 1.165) is 25.7 Å². The lowest BCUT2D eigenvalue weighted by Gasteiger charge is -2.27. The van der Waals surface area contributed by atoms with Gasteiger partial charge in [-0.05, 0) is 37.8 Å². The summed E-state index contributed by atoms with van der Waals surface area (Å²) in [5.74, 6) is -0.803. The number of esters is 2. The Morgan fingerprint density at radius 2 is 1.11 bits per heavy atom. The number of benzene rings is 1. The predicted molar refractivity (Wildman–Crippen MR) is 114 cm³/mol. The molecule has 28 heavy (non-hydrogen) atoms. The molecule has 0 unspecified atom stereocenters. The predicted octanol–water partition coefficient (Wildman–Crippen LogP) is 5.24. The summed E-state index contributed by atoms with van der Waals surface area (Å²) in [4.78, 5) is 24.9. The minimum atomic E-state index is -0.401. The lowest BCUT2D eigenvalue weighted by Crippen LogP contribution is -2.26. The van der Waals surface area contributed by atoms with Crippen LogP contribution in [0.15, 0.2) is 12.1 Å². The number of nitrogens with one attached hydrogen (secondary N) is 2. The van der Waals surface area contributed by atoms with Crippen LogP contribution < -0.4 is 10.6 Å². The van der Waals surface area contributed by atoms with Gasteiger partial charge in [-0.1, -0.05) is 38.5 Å². The second kappa shape index (κ2) is 9.80. The number of hydrogen-bond acceptors (Lipinski definition) is 6. The summed E-state index contributed by atoms with van der Waals surface area (Å²) in [5, 5.41) is 6.96. The van der Waals surface area contributed by atoms with Crippen LogP contribution >= 0.6 is 0 Å². The van der Waals surface area contributed by atoms with Gasteiger partial charge in [0.1, 0.15) is 0 Å². The highest BCUT2D eigenvalue weighted by atomic mass is 16.5. The number of carbonyl (C=O) groups excluding carboxylic acids is 2. The molecule has 2 saturated carbocycles. The molecule has 2 aliphatic carbocycles. The molecule has 2 N–H and O–H groups in total. The third-order valence-corrected chi connectivity index (χ3v) is 5.90. The van der Waals surface area contributed by atoms with E-state index in [1.54, 1.807) is 12.1 Å². The smallest absolute Gasteiger partial charge is 0.340 e. The van der Waals surface area contributed by atoms with Crippen molar-refractivity contribution >= 4 is 23.3 Å². The highest BCUT2D eigenvalue weighted by Crippen LogP contribution is 2.32. The summed E-state index contributed by atoms with van der Waals surface area (Å²) in [6.45, 7) is 0. The first kappa shape index (κ1) is 20.5. The van der Waals surface area contributed by atoms with E-state index < -0.39 is 11.9 Å². The van der Waals surface area contributed by atoms with E-state index in [9.17, 15) is 9.59 Å². The van der Waals surface area contributed by atoms with Gasteiger partial charge in [-0.15, -0.1) is 0 Å². The molecular formula is C22H36N2O4. The van der Waals surface area contributed by atoms with Crippen molar-refractivity contribution in [1.29, 1.82) is 0 Å². The third-order valence-electron chi connectivity index (χ3n) is 5.90. The van der Waals surface area contributed by atoms with Crippen molar-refractivity contribution in [3.8, 4) is 0 Å². The Labute approximate surface area is 170 Å². The zero-order valence-corrected chi connectivity index (χ0v) is 17.0. The van der Waals surface area contributed by atoms with Crippen LogP contribution in [0.25, 0.3) is 0 Å². The van der Waals surface area contributed by atoms with Gasteiger partial charge in [-0.2, -0.15) is 0 Å². The highest BCUT2D eigenvalue weighted by molar-refractivity contribution is 6.03. The minimum absolute atomic E-state index is 0. The largest absolute Gasteiger partial charge is 0.465 e. The number of hydrogen-bond donors (Lipinski definition) is 2. The first-order valence-electron chi connectivity index (χ1n) is 10.5. The van der Waals surface area contributed by atoms with Gasteiger partial charge in [0.2, 0.25) is 0 Å². The maximum Gasteiger partial charge on any atom is 0.340 e. The minimum Gasteiger partial charge on any atom is -0.465 e. The van der Waals surface area contributed by atoms with E-state index in [2.05, 4.69) is 10.6 Å². The summed E-state index contributed by atoms with van der Waals surface area (Å²) in [7, 11) is 2.77.